The second kappa shape index (κ2) is 5.53. The molecule has 6 heteroatoms. The fraction of sp³-hybridized carbons (Fsp3) is 0.222. The summed E-state index contributed by atoms with van der Waals surface area (Å²) in [5, 5.41) is 11.3. The van der Waals surface area contributed by atoms with Gasteiger partial charge in [0.25, 0.3) is 0 Å². The normalized spacial score (nSPS) is 11.7. The number of aromatic nitrogens is 4. The van der Waals surface area contributed by atoms with Crippen molar-refractivity contribution in [3.63, 3.8) is 0 Å². The third-order valence-electron chi connectivity index (χ3n) is 4.01. The maximum atomic E-state index is 6.37. The molecule has 4 rings (SSSR count). The van der Waals surface area contributed by atoms with Crippen LogP contribution in [-0.2, 0) is 0 Å². The summed E-state index contributed by atoms with van der Waals surface area (Å²) in [6.07, 6.45) is 1.68. The number of rotatable bonds is 2. The van der Waals surface area contributed by atoms with Crippen LogP contribution in [-0.4, -0.2) is 20.2 Å². The van der Waals surface area contributed by atoms with Crippen LogP contribution in [0.4, 0.5) is 0 Å². The summed E-state index contributed by atoms with van der Waals surface area (Å²) in [5.74, 6) is 1.32. The SMILES string of the molecule is Cc1nnc(-c2ccc3c(C(C)C)nc4ccnc(Cl)c4c3c2)o1. The highest BCUT2D eigenvalue weighted by Gasteiger charge is 2.16. The van der Waals surface area contributed by atoms with Gasteiger partial charge in [0.1, 0.15) is 5.15 Å². The second-order valence-corrected chi connectivity index (χ2v) is 6.39. The van der Waals surface area contributed by atoms with Gasteiger partial charge in [-0.1, -0.05) is 31.5 Å². The third-order valence-corrected chi connectivity index (χ3v) is 4.29. The maximum absolute atomic E-state index is 6.37. The monoisotopic (exact) mass is 338 g/mol. The molecule has 24 heavy (non-hydrogen) atoms. The van der Waals surface area contributed by atoms with Crippen LogP contribution in [0.15, 0.2) is 34.9 Å². The van der Waals surface area contributed by atoms with Gasteiger partial charge < -0.3 is 4.42 Å². The lowest BCUT2D eigenvalue weighted by atomic mass is 9.97. The average Bonchev–Trinajstić information content (AvgIpc) is 3.00. The first-order valence-electron chi connectivity index (χ1n) is 7.73. The summed E-state index contributed by atoms with van der Waals surface area (Å²) in [5.41, 5.74) is 2.73. The molecule has 4 aromatic rings. The molecule has 0 unspecified atom stereocenters. The molecule has 0 N–H and O–H groups in total. The highest BCUT2D eigenvalue weighted by atomic mass is 35.5. The molecule has 0 aliphatic carbocycles. The van der Waals surface area contributed by atoms with Gasteiger partial charge in [0, 0.05) is 29.5 Å². The summed E-state index contributed by atoms with van der Waals surface area (Å²) in [7, 11) is 0. The number of hydrogen-bond donors (Lipinski definition) is 0. The van der Waals surface area contributed by atoms with E-state index in [0.29, 0.717) is 22.9 Å². The molecule has 3 aromatic heterocycles. The fourth-order valence-electron chi connectivity index (χ4n) is 2.92. The van der Waals surface area contributed by atoms with Gasteiger partial charge in [-0.2, -0.15) is 0 Å². The molecule has 0 amide bonds. The first kappa shape index (κ1) is 15.0. The molecule has 0 saturated carbocycles. The van der Waals surface area contributed by atoms with Crippen LogP contribution in [0.25, 0.3) is 33.1 Å². The lowest BCUT2D eigenvalue weighted by molar-refractivity contribution is 0.533. The Labute approximate surface area is 143 Å². The van der Waals surface area contributed by atoms with Crippen LogP contribution in [0.5, 0.6) is 0 Å². The van der Waals surface area contributed by atoms with Gasteiger partial charge in [-0.25, -0.2) is 4.98 Å². The number of halogens is 1. The minimum Gasteiger partial charge on any atom is -0.421 e. The van der Waals surface area contributed by atoms with Crippen LogP contribution >= 0.6 is 11.6 Å². The van der Waals surface area contributed by atoms with Crippen LogP contribution < -0.4 is 0 Å². The smallest absolute Gasteiger partial charge is 0.247 e. The van der Waals surface area contributed by atoms with E-state index in [1.807, 2.05) is 24.3 Å². The maximum Gasteiger partial charge on any atom is 0.247 e. The molecule has 0 spiro atoms. The third kappa shape index (κ3) is 2.32. The Morgan fingerprint density at radius 1 is 1.08 bits per heavy atom. The molecular weight excluding hydrogens is 324 g/mol. The Kier molecular flexibility index (Phi) is 3.46. The molecule has 1 aromatic carbocycles. The van der Waals surface area contributed by atoms with E-state index < -0.39 is 0 Å². The molecule has 3 heterocycles. The lowest BCUT2D eigenvalue weighted by Crippen LogP contribution is -1.97. The molecule has 0 fully saturated rings. The summed E-state index contributed by atoms with van der Waals surface area (Å²) in [6.45, 7) is 6.03. The van der Waals surface area contributed by atoms with Crippen molar-refractivity contribution in [2.75, 3.05) is 0 Å². The number of hydrogen-bond acceptors (Lipinski definition) is 5. The second-order valence-electron chi connectivity index (χ2n) is 6.03. The van der Waals surface area contributed by atoms with Crippen molar-refractivity contribution >= 4 is 33.3 Å². The van der Waals surface area contributed by atoms with Crippen LogP contribution in [0, 0.1) is 6.92 Å². The molecule has 0 radical (unpaired) electrons. The Morgan fingerprint density at radius 3 is 2.62 bits per heavy atom. The molecular formula is C18H15ClN4O. The molecule has 0 aliphatic rings. The van der Waals surface area contributed by atoms with Gasteiger partial charge in [0.05, 0.1) is 11.2 Å². The predicted molar refractivity (Wildman–Crippen MR) is 94.2 cm³/mol. The first-order chi connectivity index (χ1) is 11.5. The minimum absolute atomic E-state index is 0.292. The molecule has 0 aliphatic heterocycles. The van der Waals surface area contributed by atoms with Gasteiger partial charge >= 0.3 is 0 Å². The summed E-state index contributed by atoms with van der Waals surface area (Å²) < 4.78 is 5.55. The standard InChI is InChI=1S/C18H15ClN4O/c1-9(2)16-12-5-4-11(18-23-22-10(3)24-18)8-13(12)15-14(21-16)6-7-20-17(15)19/h4-9H,1-3H3. The van der Waals surface area contributed by atoms with E-state index >= 15 is 0 Å². The van der Waals surface area contributed by atoms with E-state index in [2.05, 4.69) is 29.0 Å². The summed E-state index contributed by atoms with van der Waals surface area (Å²) >= 11 is 6.37. The van der Waals surface area contributed by atoms with Gasteiger partial charge in [-0.05, 0) is 29.5 Å². The van der Waals surface area contributed by atoms with Crippen molar-refractivity contribution in [2.24, 2.45) is 0 Å². The highest BCUT2D eigenvalue weighted by Crippen LogP contribution is 2.35. The molecule has 0 atom stereocenters. The minimum atomic E-state index is 0.292. The van der Waals surface area contributed by atoms with E-state index in [-0.39, 0.29) is 0 Å². The van der Waals surface area contributed by atoms with Crippen LogP contribution in [0.1, 0.15) is 31.4 Å². The molecule has 0 saturated heterocycles. The zero-order chi connectivity index (χ0) is 16.8. The van der Waals surface area contributed by atoms with E-state index in [1.54, 1.807) is 13.1 Å². The van der Waals surface area contributed by atoms with Gasteiger partial charge in [0.15, 0.2) is 0 Å². The number of aryl methyl sites for hydroxylation is 1. The van der Waals surface area contributed by atoms with Crippen LogP contribution in [0.3, 0.4) is 0 Å². The molecule has 0 bridgehead atoms. The zero-order valence-corrected chi connectivity index (χ0v) is 14.3. The van der Waals surface area contributed by atoms with Crippen molar-refractivity contribution in [3.05, 3.63) is 47.2 Å². The predicted octanol–water partition coefficient (Wildman–Crippen LogP) is 4.92. The number of fused-ring (bicyclic) bond motifs is 3. The van der Waals surface area contributed by atoms with E-state index in [4.69, 9.17) is 21.0 Å². The first-order valence-corrected chi connectivity index (χ1v) is 8.10. The Morgan fingerprint density at radius 2 is 1.92 bits per heavy atom. The number of pyridine rings is 2. The Hall–Kier alpha value is -2.53. The summed E-state index contributed by atoms with van der Waals surface area (Å²) in [4.78, 5) is 9.01. The van der Waals surface area contributed by atoms with Gasteiger partial charge in [-0.3, -0.25) is 4.98 Å². The van der Waals surface area contributed by atoms with Crippen molar-refractivity contribution in [1.82, 2.24) is 20.2 Å². The zero-order valence-electron chi connectivity index (χ0n) is 13.5. The van der Waals surface area contributed by atoms with Crippen molar-refractivity contribution in [1.29, 1.82) is 0 Å². The Balaban J connectivity index is 2.12. The number of benzene rings is 1. The van der Waals surface area contributed by atoms with Crippen molar-refractivity contribution in [3.8, 4) is 11.5 Å². The van der Waals surface area contributed by atoms with E-state index in [1.165, 1.54) is 0 Å². The molecule has 5 nitrogen and oxygen atoms in total. The highest BCUT2D eigenvalue weighted by molar-refractivity contribution is 6.36. The fourth-order valence-corrected chi connectivity index (χ4v) is 3.17. The molecule has 120 valence electrons. The Bertz CT molecular complexity index is 1070. The van der Waals surface area contributed by atoms with Gasteiger partial charge in [-0.15, -0.1) is 10.2 Å². The van der Waals surface area contributed by atoms with Gasteiger partial charge in [0.2, 0.25) is 11.8 Å². The number of nitrogens with zero attached hydrogens (tertiary/aromatic N) is 4. The lowest BCUT2D eigenvalue weighted by Gasteiger charge is -2.13. The quantitative estimate of drug-likeness (QED) is 0.383. The van der Waals surface area contributed by atoms with E-state index in [9.17, 15) is 0 Å². The van der Waals surface area contributed by atoms with Crippen molar-refractivity contribution < 1.29 is 4.42 Å². The van der Waals surface area contributed by atoms with Crippen molar-refractivity contribution in [2.45, 2.75) is 26.7 Å². The topological polar surface area (TPSA) is 64.7 Å². The largest absolute Gasteiger partial charge is 0.421 e. The summed E-state index contributed by atoms with van der Waals surface area (Å²) in [6, 6.07) is 7.91. The van der Waals surface area contributed by atoms with E-state index in [0.717, 1.165) is 32.9 Å². The average molecular weight is 339 g/mol. The van der Waals surface area contributed by atoms with Crippen LogP contribution in [0.2, 0.25) is 5.15 Å².